The average Bonchev–Trinajstić information content (AvgIpc) is 3.02. The van der Waals surface area contributed by atoms with Gasteiger partial charge in [-0.3, -0.25) is 0 Å². The number of carbonyl (C=O) groups excluding carboxylic acids is 1. The van der Waals surface area contributed by atoms with Crippen molar-refractivity contribution in [3.63, 3.8) is 0 Å². The molecule has 0 radical (unpaired) electrons. The van der Waals surface area contributed by atoms with Crippen LogP contribution in [-0.2, 0) is 11.3 Å². The molecule has 0 fully saturated rings. The van der Waals surface area contributed by atoms with E-state index in [1.165, 1.54) is 0 Å². The van der Waals surface area contributed by atoms with E-state index < -0.39 is 11.7 Å². The van der Waals surface area contributed by atoms with Gasteiger partial charge in [-0.2, -0.15) is 0 Å². The first-order valence-corrected chi connectivity index (χ1v) is 9.74. The summed E-state index contributed by atoms with van der Waals surface area (Å²) >= 11 is 1.59. The zero-order chi connectivity index (χ0) is 19.9. The quantitative estimate of drug-likeness (QED) is 0.541. The van der Waals surface area contributed by atoms with Crippen LogP contribution in [0.1, 0.15) is 44.9 Å². The van der Waals surface area contributed by atoms with Crippen molar-refractivity contribution in [1.29, 1.82) is 0 Å². The Morgan fingerprint density at radius 3 is 2.78 bits per heavy atom. The summed E-state index contributed by atoms with van der Waals surface area (Å²) in [5.41, 5.74) is 4.20. The molecule has 144 valence electrons. The van der Waals surface area contributed by atoms with E-state index in [0.29, 0.717) is 19.6 Å². The van der Waals surface area contributed by atoms with E-state index in [9.17, 15) is 4.79 Å². The minimum absolute atomic E-state index is 0.321. The van der Waals surface area contributed by atoms with Gasteiger partial charge < -0.3 is 14.8 Å². The van der Waals surface area contributed by atoms with Crippen LogP contribution in [0.5, 0.6) is 5.75 Å². The first-order chi connectivity index (χ1) is 12.8. The Hall–Kier alpha value is -2.52. The zero-order valence-corrected chi connectivity index (χ0v) is 17.1. The lowest BCUT2D eigenvalue weighted by atomic mass is 10.1. The van der Waals surface area contributed by atoms with E-state index in [2.05, 4.69) is 16.2 Å². The van der Waals surface area contributed by atoms with Gasteiger partial charge in [0.15, 0.2) is 0 Å². The van der Waals surface area contributed by atoms with Gasteiger partial charge in [0.1, 0.15) is 11.4 Å². The lowest BCUT2D eigenvalue weighted by molar-refractivity contribution is 0.0523. The van der Waals surface area contributed by atoms with Crippen LogP contribution >= 0.6 is 11.3 Å². The predicted octanol–water partition coefficient (Wildman–Crippen LogP) is 4.94. The van der Waals surface area contributed by atoms with Crippen molar-refractivity contribution in [2.24, 2.45) is 0 Å². The summed E-state index contributed by atoms with van der Waals surface area (Å²) in [5.74, 6) is 3.34. The third kappa shape index (κ3) is 6.61. The topological polar surface area (TPSA) is 60.5 Å². The minimum Gasteiger partial charge on any atom is -0.493 e. The van der Waals surface area contributed by atoms with Crippen LogP contribution in [0, 0.1) is 19.3 Å². The highest BCUT2D eigenvalue weighted by Crippen LogP contribution is 2.32. The molecule has 27 heavy (non-hydrogen) atoms. The van der Waals surface area contributed by atoms with Crippen molar-refractivity contribution in [3.05, 3.63) is 35.0 Å². The number of hydrogen-bond donors (Lipinski definition) is 1. The van der Waals surface area contributed by atoms with Gasteiger partial charge >= 0.3 is 6.09 Å². The van der Waals surface area contributed by atoms with E-state index >= 15 is 0 Å². The molecule has 0 bridgehead atoms. The highest BCUT2D eigenvalue weighted by molar-refractivity contribution is 7.13. The van der Waals surface area contributed by atoms with Crippen LogP contribution in [0.3, 0.4) is 0 Å². The van der Waals surface area contributed by atoms with Crippen LogP contribution in [-0.4, -0.2) is 23.3 Å². The van der Waals surface area contributed by atoms with E-state index in [1.54, 1.807) is 11.3 Å². The van der Waals surface area contributed by atoms with Crippen LogP contribution in [0.25, 0.3) is 10.4 Å². The molecule has 0 aliphatic heterocycles. The second-order valence-corrected chi connectivity index (χ2v) is 7.96. The number of carbonyl (C=O) groups is 1. The minimum atomic E-state index is -0.536. The summed E-state index contributed by atoms with van der Waals surface area (Å²) in [5, 5.41) is 2.78. The summed E-state index contributed by atoms with van der Waals surface area (Å²) in [6.07, 6.45) is 6.29. The number of rotatable bonds is 7. The fourth-order valence-corrected chi connectivity index (χ4v) is 3.20. The summed E-state index contributed by atoms with van der Waals surface area (Å²) in [6.45, 7) is 8.32. The molecule has 0 aliphatic carbocycles. The van der Waals surface area contributed by atoms with E-state index in [4.69, 9.17) is 15.9 Å². The molecule has 0 spiro atoms. The van der Waals surface area contributed by atoms with Gasteiger partial charge in [0.25, 0.3) is 0 Å². The Morgan fingerprint density at radius 2 is 2.15 bits per heavy atom. The normalized spacial score (nSPS) is 10.9. The third-order valence-electron chi connectivity index (χ3n) is 3.62. The number of benzene rings is 1. The maximum atomic E-state index is 11.9. The summed E-state index contributed by atoms with van der Waals surface area (Å²) in [7, 11) is 0. The number of aryl methyl sites for hydroxylation is 1. The van der Waals surface area contributed by atoms with Gasteiger partial charge in [-0.25, -0.2) is 9.78 Å². The van der Waals surface area contributed by atoms with Crippen molar-refractivity contribution in [2.45, 2.75) is 52.7 Å². The average molecular weight is 387 g/mol. The molecule has 0 atom stereocenters. The standard InChI is InChI=1S/C21H26N2O3S/c1-6-7-8-11-25-18-12-16(19-15(2)23-14-27-19)9-10-17(18)13-22-20(24)26-21(3,4)5/h1,9-10,12,14H,7-8,11,13H2,2-5H3,(H,22,24). The van der Waals surface area contributed by atoms with Crippen LogP contribution in [0.4, 0.5) is 4.79 Å². The molecule has 1 aromatic carbocycles. The molecular formula is C21H26N2O3S. The third-order valence-corrected chi connectivity index (χ3v) is 4.60. The van der Waals surface area contributed by atoms with Gasteiger partial charge in [0, 0.05) is 18.5 Å². The first kappa shape index (κ1) is 20.8. The number of thiazole rings is 1. The zero-order valence-electron chi connectivity index (χ0n) is 16.3. The molecule has 0 saturated heterocycles. The summed E-state index contributed by atoms with van der Waals surface area (Å²) in [4.78, 5) is 17.4. The molecular weight excluding hydrogens is 360 g/mol. The fraction of sp³-hybridized carbons (Fsp3) is 0.429. The number of nitrogens with zero attached hydrogens (tertiary/aromatic N) is 1. The second kappa shape index (κ2) is 9.43. The van der Waals surface area contributed by atoms with Gasteiger partial charge in [0.2, 0.25) is 0 Å². The molecule has 2 rings (SSSR count). The van der Waals surface area contributed by atoms with Gasteiger partial charge in [-0.1, -0.05) is 12.1 Å². The summed E-state index contributed by atoms with van der Waals surface area (Å²) in [6, 6.07) is 5.96. The Morgan fingerprint density at radius 1 is 1.37 bits per heavy atom. The SMILES string of the molecule is C#CCCCOc1cc(-c2scnc2C)ccc1CNC(=O)OC(C)(C)C. The number of ether oxygens (including phenoxy) is 2. The molecule has 0 unspecified atom stereocenters. The fourth-order valence-electron chi connectivity index (χ4n) is 2.39. The van der Waals surface area contributed by atoms with Crippen LogP contribution in [0.2, 0.25) is 0 Å². The van der Waals surface area contributed by atoms with Crippen molar-refractivity contribution >= 4 is 17.4 Å². The smallest absolute Gasteiger partial charge is 0.407 e. The predicted molar refractivity (Wildman–Crippen MR) is 109 cm³/mol. The summed E-state index contributed by atoms with van der Waals surface area (Å²) < 4.78 is 11.2. The largest absolute Gasteiger partial charge is 0.493 e. The molecule has 0 saturated carbocycles. The lowest BCUT2D eigenvalue weighted by Gasteiger charge is -2.20. The maximum absolute atomic E-state index is 11.9. The van der Waals surface area contributed by atoms with Gasteiger partial charge in [0.05, 0.1) is 22.7 Å². The first-order valence-electron chi connectivity index (χ1n) is 8.86. The van der Waals surface area contributed by atoms with E-state index in [0.717, 1.165) is 33.9 Å². The molecule has 1 N–H and O–H groups in total. The van der Waals surface area contributed by atoms with Crippen molar-refractivity contribution < 1.29 is 14.3 Å². The van der Waals surface area contributed by atoms with E-state index in [-0.39, 0.29) is 0 Å². The Bertz CT molecular complexity index is 816. The molecule has 0 aliphatic rings. The number of amides is 1. The molecule has 1 amide bonds. The number of unbranched alkanes of at least 4 members (excludes halogenated alkanes) is 1. The maximum Gasteiger partial charge on any atom is 0.407 e. The van der Waals surface area contributed by atoms with Crippen molar-refractivity contribution in [1.82, 2.24) is 10.3 Å². The highest BCUT2D eigenvalue weighted by Gasteiger charge is 2.17. The van der Waals surface area contributed by atoms with E-state index in [1.807, 2.05) is 51.4 Å². The van der Waals surface area contributed by atoms with Gasteiger partial charge in [-0.05, 0) is 45.7 Å². The monoisotopic (exact) mass is 386 g/mol. The Kier molecular flexibility index (Phi) is 7.26. The number of terminal acetylenes is 1. The number of nitrogens with one attached hydrogen (secondary N) is 1. The molecule has 2 aromatic rings. The Balaban J connectivity index is 2.15. The molecule has 5 nitrogen and oxygen atoms in total. The van der Waals surface area contributed by atoms with Gasteiger partial charge in [-0.15, -0.1) is 23.7 Å². The Labute approximate surface area is 165 Å². The van der Waals surface area contributed by atoms with Crippen molar-refractivity contribution in [2.75, 3.05) is 6.61 Å². The van der Waals surface area contributed by atoms with Crippen LogP contribution in [0.15, 0.2) is 23.7 Å². The molecule has 6 heteroatoms. The highest BCUT2D eigenvalue weighted by atomic mass is 32.1. The number of alkyl carbamates (subject to hydrolysis) is 1. The van der Waals surface area contributed by atoms with Crippen molar-refractivity contribution in [3.8, 4) is 28.5 Å². The number of hydrogen-bond acceptors (Lipinski definition) is 5. The molecule has 1 aromatic heterocycles. The molecule has 1 heterocycles. The lowest BCUT2D eigenvalue weighted by Crippen LogP contribution is -2.32. The van der Waals surface area contributed by atoms with Crippen LogP contribution < -0.4 is 10.1 Å². The second-order valence-electron chi connectivity index (χ2n) is 7.10. The number of aromatic nitrogens is 1.